The van der Waals surface area contributed by atoms with Crippen molar-refractivity contribution in [2.45, 2.75) is 20.3 Å². The molecule has 0 N–H and O–H groups in total. The van der Waals surface area contributed by atoms with Gasteiger partial charge in [-0.3, -0.25) is 9.59 Å². The number of carbonyl (C=O) groups excluding carboxylic acids is 2. The molecule has 116 valence electrons. The lowest BCUT2D eigenvalue weighted by molar-refractivity contribution is -0.142. The van der Waals surface area contributed by atoms with Crippen LogP contribution >= 0.6 is 0 Å². The molecule has 0 spiro atoms. The molecular formula is C16H23NO4. The molecule has 0 unspecified atom stereocenters. The van der Waals surface area contributed by atoms with Crippen molar-refractivity contribution < 1.29 is 19.1 Å². The van der Waals surface area contributed by atoms with Crippen LogP contribution in [0.3, 0.4) is 0 Å². The van der Waals surface area contributed by atoms with Crippen molar-refractivity contribution in [3.63, 3.8) is 0 Å². The summed E-state index contributed by atoms with van der Waals surface area (Å²) in [5, 5.41) is 0. The van der Waals surface area contributed by atoms with Gasteiger partial charge in [-0.1, -0.05) is 32.0 Å². The van der Waals surface area contributed by atoms with E-state index >= 15 is 0 Å². The summed E-state index contributed by atoms with van der Waals surface area (Å²) in [7, 11) is 1.34. The smallest absolute Gasteiger partial charge is 0.307 e. The number of nitrogens with zero attached hydrogens (tertiary/aromatic N) is 1. The zero-order chi connectivity index (χ0) is 15.7. The van der Waals surface area contributed by atoms with Crippen LogP contribution in [0.1, 0.15) is 20.3 Å². The first-order valence-corrected chi connectivity index (χ1v) is 7.05. The average molecular weight is 293 g/mol. The van der Waals surface area contributed by atoms with Gasteiger partial charge in [-0.15, -0.1) is 0 Å². The normalized spacial score (nSPS) is 10.3. The van der Waals surface area contributed by atoms with Gasteiger partial charge >= 0.3 is 5.97 Å². The maximum atomic E-state index is 12.2. The van der Waals surface area contributed by atoms with Crippen LogP contribution in [-0.4, -0.2) is 43.6 Å². The number of amides is 1. The number of hydrogen-bond donors (Lipinski definition) is 0. The van der Waals surface area contributed by atoms with Crippen LogP contribution in [0.25, 0.3) is 0 Å². The van der Waals surface area contributed by atoms with Crippen LogP contribution in [0.15, 0.2) is 30.3 Å². The minimum atomic E-state index is -0.319. The quantitative estimate of drug-likeness (QED) is 0.689. The monoisotopic (exact) mass is 293 g/mol. The van der Waals surface area contributed by atoms with Crippen molar-refractivity contribution in [1.82, 2.24) is 4.90 Å². The minimum Gasteiger partial charge on any atom is -0.484 e. The number of carbonyl (C=O) groups is 2. The van der Waals surface area contributed by atoms with Crippen molar-refractivity contribution in [1.29, 1.82) is 0 Å². The first kappa shape index (κ1) is 17.0. The minimum absolute atomic E-state index is 0.0299. The third-order valence-electron chi connectivity index (χ3n) is 2.86. The zero-order valence-corrected chi connectivity index (χ0v) is 12.9. The second-order valence-corrected chi connectivity index (χ2v) is 5.16. The molecule has 1 aromatic carbocycles. The van der Waals surface area contributed by atoms with Gasteiger partial charge in [0.25, 0.3) is 5.91 Å². The predicted molar refractivity (Wildman–Crippen MR) is 80.0 cm³/mol. The number of para-hydroxylation sites is 1. The van der Waals surface area contributed by atoms with E-state index in [9.17, 15) is 9.59 Å². The second kappa shape index (κ2) is 9.00. The van der Waals surface area contributed by atoms with E-state index in [0.717, 1.165) is 0 Å². The molecule has 1 amide bonds. The zero-order valence-electron chi connectivity index (χ0n) is 12.9. The Morgan fingerprint density at radius 2 is 1.86 bits per heavy atom. The largest absolute Gasteiger partial charge is 0.484 e. The summed E-state index contributed by atoms with van der Waals surface area (Å²) >= 11 is 0. The molecule has 0 aliphatic rings. The molecule has 0 heterocycles. The molecule has 21 heavy (non-hydrogen) atoms. The molecule has 0 aliphatic carbocycles. The lowest BCUT2D eigenvalue weighted by Gasteiger charge is -2.24. The SMILES string of the molecule is COC(=O)CCN(CC(C)C)C(=O)COc1ccccc1. The highest BCUT2D eigenvalue weighted by molar-refractivity contribution is 5.78. The molecule has 0 bridgehead atoms. The summed E-state index contributed by atoms with van der Waals surface area (Å²) in [6, 6.07) is 9.19. The van der Waals surface area contributed by atoms with Crippen LogP contribution in [0.4, 0.5) is 0 Å². The van der Waals surface area contributed by atoms with Gasteiger partial charge in [0.05, 0.1) is 13.5 Å². The van der Waals surface area contributed by atoms with Crippen LogP contribution in [0, 0.1) is 5.92 Å². The molecule has 1 rings (SSSR count). The number of esters is 1. The Morgan fingerprint density at radius 3 is 2.43 bits per heavy atom. The molecule has 0 radical (unpaired) electrons. The standard InChI is InChI=1S/C16H23NO4/c1-13(2)11-17(10-9-16(19)20-3)15(18)12-21-14-7-5-4-6-8-14/h4-8,13H,9-12H2,1-3H3. The molecule has 0 aliphatic heterocycles. The molecular weight excluding hydrogens is 270 g/mol. The van der Waals surface area contributed by atoms with Crippen molar-refractivity contribution in [2.24, 2.45) is 5.92 Å². The Bertz CT molecular complexity index is 445. The first-order valence-electron chi connectivity index (χ1n) is 7.05. The fraction of sp³-hybridized carbons (Fsp3) is 0.500. The third-order valence-corrected chi connectivity index (χ3v) is 2.86. The molecule has 0 aromatic heterocycles. The van der Waals surface area contributed by atoms with Crippen molar-refractivity contribution >= 4 is 11.9 Å². The summed E-state index contributed by atoms with van der Waals surface area (Å²) in [6.45, 7) is 4.96. The lowest BCUT2D eigenvalue weighted by Crippen LogP contribution is -2.39. The Hall–Kier alpha value is -2.04. The fourth-order valence-corrected chi connectivity index (χ4v) is 1.84. The van der Waals surface area contributed by atoms with E-state index in [1.54, 1.807) is 17.0 Å². The summed E-state index contributed by atoms with van der Waals surface area (Å²) in [6.07, 6.45) is 0.195. The summed E-state index contributed by atoms with van der Waals surface area (Å²) in [5.74, 6) is 0.531. The van der Waals surface area contributed by atoms with Crippen LogP contribution in [-0.2, 0) is 14.3 Å². The van der Waals surface area contributed by atoms with Gasteiger partial charge in [-0.25, -0.2) is 0 Å². The van der Waals surface area contributed by atoms with E-state index in [4.69, 9.17) is 4.74 Å². The number of hydrogen-bond acceptors (Lipinski definition) is 4. The average Bonchev–Trinajstić information content (AvgIpc) is 2.49. The van der Waals surface area contributed by atoms with Crippen LogP contribution in [0.5, 0.6) is 5.75 Å². The maximum Gasteiger partial charge on any atom is 0.307 e. The Kier molecular flexibility index (Phi) is 7.29. The van der Waals surface area contributed by atoms with Crippen molar-refractivity contribution in [3.8, 4) is 5.75 Å². The first-order chi connectivity index (χ1) is 10.0. The number of benzene rings is 1. The summed E-state index contributed by atoms with van der Waals surface area (Å²) < 4.78 is 10.1. The fourth-order valence-electron chi connectivity index (χ4n) is 1.84. The third kappa shape index (κ3) is 6.79. The highest BCUT2D eigenvalue weighted by atomic mass is 16.5. The topological polar surface area (TPSA) is 55.8 Å². The molecule has 0 fully saturated rings. The van der Waals surface area contributed by atoms with Crippen molar-refractivity contribution in [3.05, 3.63) is 30.3 Å². The highest BCUT2D eigenvalue weighted by Crippen LogP contribution is 2.09. The van der Waals surface area contributed by atoms with Gasteiger partial charge in [0.2, 0.25) is 0 Å². The van der Waals surface area contributed by atoms with Crippen LogP contribution < -0.4 is 4.74 Å². The van der Waals surface area contributed by atoms with Gasteiger partial charge in [0.15, 0.2) is 6.61 Å². The summed E-state index contributed by atoms with van der Waals surface area (Å²) in [4.78, 5) is 25.1. The predicted octanol–water partition coefficient (Wildman–Crippen LogP) is 2.11. The molecule has 0 saturated carbocycles. The van der Waals surface area contributed by atoms with Gasteiger partial charge in [0, 0.05) is 13.1 Å². The van der Waals surface area contributed by atoms with E-state index in [1.807, 2.05) is 32.0 Å². The second-order valence-electron chi connectivity index (χ2n) is 5.16. The Balaban J connectivity index is 2.51. The Morgan fingerprint density at radius 1 is 1.19 bits per heavy atom. The van der Waals surface area contributed by atoms with Gasteiger partial charge in [0.1, 0.15) is 5.75 Å². The van der Waals surface area contributed by atoms with Crippen LogP contribution in [0.2, 0.25) is 0 Å². The van der Waals surface area contributed by atoms with E-state index in [-0.39, 0.29) is 24.9 Å². The summed E-state index contributed by atoms with van der Waals surface area (Å²) in [5.41, 5.74) is 0. The number of rotatable bonds is 8. The molecule has 5 heteroatoms. The lowest BCUT2D eigenvalue weighted by atomic mass is 10.2. The van der Waals surface area contributed by atoms with Gasteiger partial charge < -0.3 is 14.4 Å². The number of methoxy groups -OCH3 is 1. The number of ether oxygens (including phenoxy) is 2. The molecule has 1 aromatic rings. The molecule has 0 saturated heterocycles. The highest BCUT2D eigenvalue weighted by Gasteiger charge is 2.17. The van der Waals surface area contributed by atoms with E-state index < -0.39 is 0 Å². The van der Waals surface area contributed by atoms with E-state index in [1.165, 1.54) is 7.11 Å². The molecule has 5 nitrogen and oxygen atoms in total. The maximum absolute atomic E-state index is 12.2. The van der Waals surface area contributed by atoms with E-state index in [0.29, 0.717) is 24.8 Å². The molecule has 0 atom stereocenters. The Labute approximate surface area is 125 Å². The van der Waals surface area contributed by atoms with Gasteiger partial charge in [-0.05, 0) is 18.1 Å². The van der Waals surface area contributed by atoms with Gasteiger partial charge in [-0.2, -0.15) is 0 Å². The van der Waals surface area contributed by atoms with E-state index in [2.05, 4.69) is 4.74 Å². The van der Waals surface area contributed by atoms with Crippen molar-refractivity contribution in [2.75, 3.05) is 26.8 Å².